The molecular weight excluding hydrogens is 344 g/mol. The van der Waals surface area contributed by atoms with Crippen LogP contribution >= 0.6 is 0 Å². The molecule has 1 aliphatic heterocycles. The number of benzene rings is 2. The lowest BCUT2D eigenvalue weighted by atomic mass is 10.1. The third kappa shape index (κ3) is 4.65. The van der Waals surface area contributed by atoms with Gasteiger partial charge < -0.3 is 19.7 Å². The lowest BCUT2D eigenvalue weighted by Gasteiger charge is -2.34. The molecule has 0 saturated carbocycles. The normalized spacial score (nSPS) is 17.9. The van der Waals surface area contributed by atoms with Crippen LogP contribution in [0.2, 0.25) is 0 Å². The van der Waals surface area contributed by atoms with Crippen LogP contribution in [-0.4, -0.2) is 49.6 Å². The number of morpholine rings is 1. The van der Waals surface area contributed by atoms with E-state index in [4.69, 9.17) is 9.47 Å². The van der Waals surface area contributed by atoms with Gasteiger partial charge in [0.15, 0.2) is 0 Å². The summed E-state index contributed by atoms with van der Waals surface area (Å²) in [6.45, 7) is 3.17. The Hall–Kier alpha value is -2.86. The Balaban J connectivity index is 1.61. The lowest BCUT2D eigenvalue weighted by molar-refractivity contribution is -0.140. The third-order valence-electron chi connectivity index (χ3n) is 4.60. The second kappa shape index (κ2) is 8.68. The van der Waals surface area contributed by atoms with Gasteiger partial charge in [-0.15, -0.1) is 0 Å². The molecule has 6 nitrogen and oxygen atoms in total. The molecule has 6 heteroatoms. The van der Waals surface area contributed by atoms with Crippen LogP contribution in [-0.2, 0) is 9.53 Å². The fourth-order valence-electron chi connectivity index (χ4n) is 3.10. The minimum Gasteiger partial charge on any atom is -0.497 e. The van der Waals surface area contributed by atoms with Crippen molar-refractivity contribution in [1.82, 2.24) is 10.2 Å². The van der Waals surface area contributed by atoms with Crippen molar-refractivity contribution in [3.63, 3.8) is 0 Å². The fraction of sp³-hybridized carbons (Fsp3) is 0.333. The highest BCUT2D eigenvalue weighted by molar-refractivity contribution is 5.97. The van der Waals surface area contributed by atoms with Gasteiger partial charge in [-0.2, -0.15) is 0 Å². The topological polar surface area (TPSA) is 67.9 Å². The van der Waals surface area contributed by atoms with Gasteiger partial charge in [-0.3, -0.25) is 9.59 Å². The lowest BCUT2D eigenvalue weighted by Crippen LogP contribution is -2.51. The van der Waals surface area contributed by atoms with Crippen LogP contribution in [0.25, 0.3) is 0 Å². The number of amides is 2. The predicted molar refractivity (Wildman–Crippen MR) is 102 cm³/mol. The number of methoxy groups -OCH3 is 1. The second-order valence-electron chi connectivity index (χ2n) is 6.48. The average Bonchev–Trinajstić information content (AvgIpc) is 2.73. The SMILES string of the molecule is COc1cccc(C(=O)N[C@H](C)C(=O)N2CCOC(c3ccccc3)C2)c1. The Labute approximate surface area is 159 Å². The fourth-order valence-corrected chi connectivity index (χ4v) is 3.10. The molecule has 2 aromatic rings. The van der Waals surface area contributed by atoms with E-state index >= 15 is 0 Å². The van der Waals surface area contributed by atoms with E-state index in [1.807, 2.05) is 30.3 Å². The average molecular weight is 368 g/mol. The Morgan fingerprint density at radius 1 is 1.19 bits per heavy atom. The summed E-state index contributed by atoms with van der Waals surface area (Å²) in [7, 11) is 1.55. The highest BCUT2D eigenvalue weighted by atomic mass is 16.5. The monoisotopic (exact) mass is 368 g/mol. The molecule has 1 saturated heterocycles. The molecule has 0 radical (unpaired) electrons. The van der Waals surface area contributed by atoms with Crippen LogP contribution in [0, 0.1) is 0 Å². The minimum absolute atomic E-state index is 0.115. The van der Waals surface area contributed by atoms with Crippen molar-refractivity contribution >= 4 is 11.8 Å². The van der Waals surface area contributed by atoms with Crippen LogP contribution < -0.4 is 10.1 Å². The van der Waals surface area contributed by atoms with Gasteiger partial charge in [0, 0.05) is 12.1 Å². The van der Waals surface area contributed by atoms with Gasteiger partial charge in [0.25, 0.3) is 5.91 Å². The standard InChI is InChI=1S/C21H24N2O4/c1-15(22-20(24)17-9-6-10-18(13-17)26-2)21(25)23-11-12-27-19(14-23)16-7-4-3-5-8-16/h3-10,13,15,19H,11-12,14H2,1-2H3,(H,22,24)/t15-,19?/m1/s1. The second-order valence-corrected chi connectivity index (χ2v) is 6.48. The van der Waals surface area contributed by atoms with Gasteiger partial charge in [0.05, 0.1) is 20.3 Å². The number of nitrogens with one attached hydrogen (secondary N) is 1. The summed E-state index contributed by atoms with van der Waals surface area (Å²) in [5.74, 6) is 0.179. The Morgan fingerprint density at radius 2 is 1.96 bits per heavy atom. The van der Waals surface area contributed by atoms with E-state index < -0.39 is 6.04 Å². The molecule has 0 aromatic heterocycles. The zero-order valence-electron chi connectivity index (χ0n) is 15.6. The van der Waals surface area contributed by atoms with Crippen LogP contribution in [0.4, 0.5) is 0 Å². The summed E-state index contributed by atoms with van der Waals surface area (Å²) >= 11 is 0. The molecular formula is C21H24N2O4. The summed E-state index contributed by atoms with van der Waals surface area (Å²) < 4.78 is 10.9. The molecule has 2 aromatic carbocycles. The first-order valence-corrected chi connectivity index (χ1v) is 8.98. The first-order chi connectivity index (χ1) is 13.1. The number of ether oxygens (including phenoxy) is 2. The maximum absolute atomic E-state index is 12.8. The molecule has 27 heavy (non-hydrogen) atoms. The number of carbonyl (C=O) groups excluding carboxylic acids is 2. The highest BCUT2D eigenvalue weighted by Crippen LogP contribution is 2.22. The van der Waals surface area contributed by atoms with Crippen LogP contribution in [0.3, 0.4) is 0 Å². The number of nitrogens with zero attached hydrogens (tertiary/aromatic N) is 1. The van der Waals surface area contributed by atoms with Crippen molar-refractivity contribution in [2.45, 2.75) is 19.1 Å². The maximum Gasteiger partial charge on any atom is 0.252 e. The van der Waals surface area contributed by atoms with E-state index in [0.29, 0.717) is 31.0 Å². The van der Waals surface area contributed by atoms with Crippen molar-refractivity contribution in [3.05, 3.63) is 65.7 Å². The van der Waals surface area contributed by atoms with Gasteiger partial charge in [-0.05, 0) is 30.7 Å². The first-order valence-electron chi connectivity index (χ1n) is 8.98. The molecule has 1 N–H and O–H groups in total. The van der Waals surface area contributed by atoms with Crippen LogP contribution in [0.5, 0.6) is 5.75 Å². The van der Waals surface area contributed by atoms with Gasteiger partial charge in [0.1, 0.15) is 17.9 Å². The van der Waals surface area contributed by atoms with E-state index in [2.05, 4.69) is 5.32 Å². The van der Waals surface area contributed by atoms with Gasteiger partial charge in [0.2, 0.25) is 5.91 Å². The number of hydrogen-bond donors (Lipinski definition) is 1. The molecule has 3 rings (SSSR count). The zero-order valence-corrected chi connectivity index (χ0v) is 15.6. The molecule has 1 aliphatic rings. The number of carbonyl (C=O) groups is 2. The molecule has 0 bridgehead atoms. The summed E-state index contributed by atoms with van der Waals surface area (Å²) in [5.41, 5.74) is 1.50. The summed E-state index contributed by atoms with van der Waals surface area (Å²) in [6.07, 6.45) is -0.148. The number of hydrogen-bond acceptors (Lipinski definition) is 4. The molecule has 2 atom stereocenters. The molecule has 0 spiro atoms. The van der Waals surface area contributed by atoms with Gasteiger partial charge >= 0.3 is 0 Å². The summed E-state index contributed by atoms with van der Waals surface area (Å²) in [5, 5.41) is 2.77. The van der Waals surface area contributed by atoms with Crippen molar-refractivity contribution in [2.24, 2.45) is 0 Å². The van der Waals surface area contributed by atoms with Crippen molar-refractivity contribution < 1.29 is 19.1 Å². The summed E-state index contributed by atoms with van der Waals surface area (Å²) in [4.78, 5) is 27.0. The quantitative estimate of drug-likeness (QED) is 0.880. The largest absolute Gasteiger partial charge is 0.497 e. The molecule has 2 amide bonds. The van der Waals surface area contributed by atoms with E-state index in [0.717, 1.165) is 5.56 Å². The Bertz CT molecular complexity index is 794. The molecule has 0 aliphatic carbocycles. The summed E-state index contributed by atoms with van der Waals surface area (Å²) in [6, 6.07) is 16.1. The molecule has 142 valence electrons. The highest BCUT2D eigenvalue weighted by Gasteiger charge is 2.29. The van der Waals surface area contributed by atoms with E-state index in [1.165, 1.54) is 0 Å². The van der Waals surface area contributed by atoms with Gasteiger partial charge in [-0.25, -0.2) is 0 Å². The zero-order chi connectivity index (χ0) is 19.2. The van der Waals surface area contributed by atoms with Crippen molar-refractivity contribution in [1.29, 1.82) is 0 Å². The van der Waals surface area contributed by atoms with Crippen molar-refractivity contribution in [3.8, 4) is 5.75 Å². The van der Waals surface area contributed by atoms with E-state index in [1.54, 1.807) is 43.2 Å². The third-order valence-corrected chi connectivity index (χ3v) is 4.60. The van der Waals surface area contributed by atoms with E-state index in [-0.39, 0.29) is 17.9 Å². The number of rotatable bonds is 5. The first kappa shape index (κ1) is 18.9. The van der Waals surface area contributed by atoms with Crippen molar-refractivity contribution in [2.75, 3.05) is 26.8 Å². The van der Waals surface area contributed by atoms with Crippen LogP contribution in [0.15, 0.2) is 54.6 Å². The van der Waals surface area contributed by atoms with Crippen LogP contribution in [0.1, 0.15) is 28.9 Å². The smallest absolute Gasteiger partial charge is 0.252 e. The molecule has 1 heterocycles. The van der Waals surface area contributed by atoms with Gasteiger partial charge in [-0.1, -0.05) is 36.4 Å². The Kier molecular flexibility index (Phi) is 6.08. The Morgan fingerprint density at radius 3 is 2.70 bits per heavy atom. The maximum atomic E-state index is 12.8. The molecule has 1 unspecified atom stereocenters. The molecule has 1 fully saturated rings. The van der Waals surface area contributed by atoms with E-state index in [9.17, 15) is 9.59 Å². The minimum atomic E-state index is -0.627. The predicted octanol–water partition coefficient (Wildman–Crippen LogP) is 2.41.